The lowest BCUT2D eigenvalue weighted by atomic mass is 9.98. The standard InChI is InChI=1S/C73H122O12/c1-4-7-10-13-16-19-22-25-28-31-33-36-38-41-44-47-50-53-56-59-65(74)81-62-64(83-66(75)60-57-54-51-48-45-42-40-37-34-32-29-26-23-20-17-14-11-8-5-2)63-82-73-71(69(78)68(77)70(85-73)72(79)80)84-67(76)61-58-55-52-49-46-43-39-35-30-27-24-21-18-15-12-9-6-3/h7,9-10,12,16,18-19,21,25-30,33,36,64,68-71,73,77-78H,4-6,8,11,13-15,17,20,22-24,31-32,34-35,37-63H2,1-3H3,(H,79,80)/b10-7-,12-9-,19-16-,21-18-,28-25-,29-26-,30-27-,36-33-. The number of hydrogen-bond donors (Lipinski definition) is 3. The molecule has 0 bridgehead atoms. The fourth-order valence-electron chi connectivity index (χ4n) is 9.96. The number of carboxylic acid groups (broad SMARTS) is 1. The Bertz CT molecular complexity index is 1840. The largest absolute Gasteiger partial charge is 0.479 e. The summed E-state index contributed by atoms with van der Waals surface area (Å²) in [5.74, 6) is -3.14. The molecule has 1 aliphatic rings. The molecule has 12 heteroatoms. The summed E-state index contributed by atoms with van der Waals surface area (Å²) in [5.41, 5.74) is 0. The van der Waals surface area contributed by atoms with Gasteiger partial charge in [-0.15, -0.1) is 0 Å². The van der Waals surface area contributed by atoms with Crippen molar-refractivity contribution in [1.82, 2.24) is 0 Å². The fraction of sp³-hybridized carbons (Fsp3) is 0.726. The molecule has 0 aromatic carbocycles. The smallest absolute Gasteiger partial charge is 0.335 e. The van der Waals surface area contributed by atoms with Gasteiger partial charge in [-0.25, -0.2) is 4.79 Å². The van der Waals surface area contributed by atoms with E-state index < -0.39 is 67.3 Å². The van der Waals surface area contributed by atoms with E-state index in [1.165, 1.54) is 77.0 Å². The van der Waals surface area contributed by atoms with Crippen molar-refractivity contribution in [3.8, 4) is 0 Å². The summed E-state index contributed by atoms with van der Waals surface area (Å²) in [6.45, 7) is 5.79. The van der Waals surface area contributed by atoms with Crippen molar-refractivity contribution < 1.29 is 58.2 Å². The molecule has 0 aliphatic carbocycles. The second-order valence-corrected chi connectivity index (χ2v) is 23.0. The van der Waals surface area contributed by atoms with Gasteiger partial charge in [0.25, 0.3) is 0 Å². The van der Waals surface area contributed by atoms with Crippen LogP contribution in [-0.2, 0) is 42.9 Å². The third kappa shape index (κ3) is 49.3. The van der Waals surface area contributed by atoms with Crippen LogP contribution in [0.15, 0.2) is 97.2 Å². The third-order valence-electron chi connectivity index (χ3n) is 15.1. The van der Waals surface area contributed by atoms with E-state index in [2.05, 4.69) is 118 Å². The topological polar surface area (TPSA) is 175 Å². The van der Waals surface area contributed by atoms with E-state index in [9.17, 15) is 34.5 Å². The van der Waals surface area contributed by atoms with E-state index in [4.69, 9.17) is 23.7 Å². The lowest BCUT2D eigenvalue weighted by Crippen LogP contribution is -2.61. The molecule has 0 radical (unpaired) electrons. The SMILES string of the molecule is CC/C=C\C/C=C\C/C=C\C/C=C\CCCCCCCCC(=O)OCC(COC1OC(C(=O)O)C(O)C(O)C1OC(=O)CCCCCCCCC/C=C\C/C=C\C/C=C\CC)OC(=O)CCCCCCCCCCC/C=C\CCCCCCCC. The monoisotopic (exact) mass is 1190 g/mol. The molecule has 1 aliphatic heterocycles. The van der Waals surface area contributed by atoms with Crippen molar-refractivity contribution in [3.05, 3.63) is 97.2 Å². The Labute approximate surface area is 517 Å². The Morgan fingerprint density at radius 3 is 1.14 bits per heavy atom. The molecule has 3 N–H and O–H groups in total. The first-order valence-corrected chi connectivity index (χ1v) is 34.2. The Balaban J connectivity index is 2.66. The van der Waals surface area contributed by atoms with Crippen molar-refractivity contribution in [2.45, 2.75) is 327 Å². The van der Waals surface area contributed by atoms with Gasteiger partial charge in [-0.1, -0.05) is 253 Å². The first-order valence-electron chi connectivity index (χ1n) is 34.2. The number of aliphatic carboxylic acids is 1. The van der Waals surface area contributed by atoms with Crippen LogP contribution in [0.3, 0.4) is 0 Å². The normalized spacial score (nSPS) is 18.1. The minimum absolute atomic E-state index is 0.0445. The minimum atomic E-state index is -1.91. The maximum absolute atomic E-state index is 13.2. The number of ether oxygens (including phenoxy) is 5. The molecule has 12 nitrogen and oxygen atoms in total. The highest BCUT2D eigenvalue weighted by atomic mass is 16.7. The van der Waals surface area contributed by atoms with Crippen LogP contribution in [0.4, 0.5) is 0 Å². The first-order chi connectivity index (χ1) is 41.6. The highest BCUT2D eigenvalue weighted by molar-refractivity contribution is 5.74. The first kappa shape index (κ1) is 78.7. The van der Waals surface area contributed by atoms with Gasteiger partial charge in [0.2, 0.25) is 0 Å². The number of hydrogen-bond acceptors (Lipinski definition) is 11. The van der Waals surface area contributed by atoms with Crippen molar-refractivity contribution in [1.29, 1.82) is 0 Å². The molecular formula is C73H122O12. The molecule has 0 saturated carbocycles. The molecule has 1 fully saturated rings. The molecule has 1 rings (SSSR count). The zero-order chi connectivity index (χ0) is 61.7. The second-order valence-electron chi connectivity index (χ2n) is 23.0. The molecule has 6 unspecified atom stereocenters. The van der Waals surface area contributed by atoms with Crippen molar-refractivity contribution in [3.63, 3.8) is 0 Å². The summed E-state index contributed by atoms with van der Waals surface area (Å²) >= 11 is 0. The maximum atomic E-state index is 13.2. The molecule has 85 heavy (non-hydrogen) atoms. The number of aliphatic hydroxyl groups is 2. The van der Waals surface area contributed by atoms with Gasteiger partial charge in [0.1, 0.15) is 18.8 Å². The molecule has 486 valence electrons. The predicted octanol–water partition coefficient (Wildman–Crippen LogP) is 18.8. The number of aliphatic hydroxyl groups excluding tert-OH is 2. The number of carbonyl (C=O) groups is 4. The maximum Gasteiger partial charge on any atom is 0.335 e. The average Bonchev–Trinajstić information content (AvgIpc) is 3.46. The number of carboxylic acids is 1. The van der Waals surface area contributed by atoms with Crippen LogP contribution < -0.4 is 0 Å². The van der Waals surface area contributed by atoms with Gasteiger partial charge in [0, 0.05) is 19.3 Å². The van der Waals surface area contributed by atoms with Crippen molar-refractivity contribution in [2.75, 3.05) is 13.2 Å². The lowest BCUT2D eigenvalue weighted by Gasteiger charge is -2.40. The average molecular weight is 1190 g/mol. The van der Waals surface area contributed by atoms with Gasteiger partial charge >= 0.3 is 23.9 Å². The molecular weight excluding hydrogens is 1070 g/mol. The van der Waals surface area contributed by atoms with Crippen LogP contribution in [0, 0.1) is 0 Å². The highest BCUT2D eigenvalue weighted by Crippen LogP contribution is 2.27. The Hall–Kier alpha value is -4.36. The van der Waals surface area contributed by atoms with Crippen LogP contribution in [-0.4, -0.2) is 89.2 Å². The Morgan fingerprint density at radius 1 is 0.400 bits per heavy atom. The zero-order valence-electron chi connectivity index (χ0n) is 53.8. The molecule has 0 amide bonds. The fourth-order valence-corrected chi connectivity index (χ4v) is 9.96. The summed E-state index contributed by atoms with van der Waals surface area (Å²) in [5, 5.41) is 31.7. The number of unbranched alkanes of at least 4 members (excludes halogenated alkanes) is 28. The van der Waals surface area contributed by atoms with E-state index in [1.807, 2.05) is 0 Å². The number of rotatable bonds is 58. The van der Waals surface area contributed by atoms with Crippen LogP contribution in [0.25, 0.3) is 0 Å². The molecule has 6 atom stereocenters. The van der Waals surface area contributed by atoms with Crippen LogP contribution >= 0.6 is 0 Å². The molecule has 1 heterocycles. The molecule has 0 aromatic rings. The number of carbonyl (C=O) groups excluding carboxylic acids is 3. The predicted molar refractivity (Wildman–Crippen MR) is 349 cm³/mol. The van der Waals surface area contributed by atoms with Crippen LogP contribution in [0.2, 0.25) is 0 Å². The highest BCUT2D eigenvalue weighted by Gasteiger charge is 2.50. The van der Waals surface area contributed by atoms with Crippen molar-refractivity contribution in [2.24, 2.45) is 0 Å². The summed E-state index contributed by atoms with van der Waals surface area (Å²) < 4.78 is 28.6. The van der Waals surface area contributed by atoms with E-state index in [1.54, 1.807) is 0 Å². The summed E-state index contributed by atoms with van der Waals surface area (Å²) in [7, 11) is 0. The van der Waals surface area contributed by atoms with Gasteiger partial charge in [-0.3, -0.25) is 14.4 Å². The van der Waals surface area contributed by atoms with Crippen molar-refractivity contribution >= 4 is 23.9 Å². The van der Waals surface area contributed by atoms with Gasteiger partial charge < -0.3 is 39.0 Å². The van der Waals surface area contributed by atoms with Gasteiger partial charge in [-0.05, 0) is 116 Å². The van der Waals surface area contributed by atoms with E-state index in [0.29, 0.717) is 19.3 Å². The van der Waals surface area contributed by atoms with Crippen LogP contribution in [0.5, 0.6) is 0 Å². The lowest BCUT2D eigenvalue weighted by molar-refractivity contribution is -0.301. The molecule has 1 saturated heterocycles. The van der Waals surface area contributed by atoms with Gasteiger partial charge in [0.05, 0.1) is 6.61 Å². The Kier molecular flexibility index (Phi) is 55.5. The van der Waals surface area contributed by atoms with E-state index in [0.717, 1.165) is 154 Å². The minimum Gasteiger partial charge on any atom is -0.479 e. The van der Waals surface area contributed by atoms with E-state index >= 15 is 0 Å². The zero-order valence-corrected chi connectivity index (χ0v) is 53.8. The summed E-state index contributed by atoms with van der Waals surface area (Å²) in [6, 6.07) is 0. The quantitative estimate of drug-likeness (QED) is 0.0228. The van der Waals surface area contributed by atoms with E-state index in [-0.39, 0.29) is 25.9 Å². The van der Waals surface area contributed by atoms with Crippen LogP contribution in [0.1, 0.15) is 290 Å². The summed E-state index contributed by atoms with van der Waals surface area (Å²) in [4.78, 5) is 51.5. The third-order valence-corrected chi connectivity index (χ3v) is 15.1. The number of esters is 3. The second kappa shape index (κ2) is 59.9. The number of allylic oxidation sites excluding steroid dienone is 16. The van der Waals surface area contributed by atoms with Gasteiger partial charge in [-0.2, -0.15) is 0 Å². The summed E-state index contributed by atoms with van der Waals surface area (Å²) in [6.07, 6.45) is 67.8. The van der Waals surface area contributed by atoms with Gasteiger partial charge in [0.15, 0.2) is 24.6 Å². The Morgan fingerprint density at radius 2 is 0.741 bits per heavy atom. The molecule has 0 aromatic heterocycles. The molecule has 0 spiro atoms.